The highest BCUT2D eigenvalue weighted by Gasteiger charge is 2.30. The first kappa shape index (κ1) is 12.7. The predicted molar refractivity (Wildman–Crippen MR) is 60.6 cm³/mol. The average molecular weight is 254 g/mol. The fourth-order valence-corrected chi connectivity index (χ4v) is 2.26. The number of nitrogens with zero attached hydrogens (tertiary/aromatic N) is 2. The van der Waals surface area contributed by atoms with Gasteiger partial charge in [-0.15, -0.1) is 0 Å². The van der Waals surface area contributed by atoms with Crippen molar-refractivity contribution < 1.29 is 13.2 Å². The maximum absolute atomic E-state index is 12.4. The summed E-state index contributed by atoms with van der Waals surface area (Å²) in [6, 6.07) is 5.36. The Balaban J connectivity index is 2.05. The zero-order valence-corrected chi connectivity index (χ0v) is 9.74. The summed E-state index contributed by atoms with van der Waals surface area (Å²) in [4.78, 5) is 1.68. The Kier molecular flexibility index (Phi) is 3.46. The molecular formula is C13H13F3N2. The van der Waals surface area contributed by atoms with Crippen LogP contribution in [-0.2, 0) is 6.18 Å². The van der Waals surface area contributed by atoms with Crippen LogP contribution in [0, 0.1) is 11.5 Å². The van der Waals surface area contributed by atoms with Crippen LogP contribution in [0.15, 0.2) is 24.3 Å². The van der Waals surface area contributed by atoms with Crippen molar-refractivity contribution in [2.75, 3.05) is 13.1 Å². The fraction of sp³-hybridized carbons (Fsp3) is 0.462. The van der Waals surface area contributed by atoms with Crippen LogP contribution < -0.4 is 0 Å². The van der Waals surface area contributed by atoms with Crippen LogP contribution in [0.1, 0.15) is 29.9 Å². The van der Waals surface area contributed by atoms with Crippen molar-refractivity contribution in [1.29, 1.82) is 5.26 Å². The second-order valence-corrected chi connectivity index (χ2v) is 4.48. The standard InChI is InChI=1S/C13H13F3N2/c14-13(15,16)12-3-1-10(2-4-12)11-5-7-18(9-17)8-6-11/h1-4,11H,5-8H2. The number of hydrogen-bond donors (Lipinski definition) is 0. The summed E-state index contributed by atoms with van der Waals surface area (Å²) < 4.78 is 37.2. The van der Waals surface area contributed by atoms with Gasteiger partial charge in [0.05, 0.1) is 5.56 Å². The van der Waals surface area contributed by atoms with Crippen molar-refractivity contribution in [3.05, 3.63) is 35.4 Å². The molecule has 5 heteroatoms. The summed E-state index contributed by atoms with van der Waals surface area (Å²) in [5.74, 6) is 0.261. The van der Waals surface area contributed by atoms with Crippen molar-refractivity contribution in [2.24, 2.45) is 0 Å². The molecular weight excluding hydrogens is 241 g/mol. The van der Waals surface area contributed by atoms with Gasteiger partial charge in [-0.25, -0.2) is 0 Å². The van der Waals surface area contributed by atoms with Gasteiger partial charge in [0.1, 0.15) is 0 Å². The molecule has 0 N–H and O–H groups in total. The van der Waals surface area contributed by atoms with E-state index in [2.05, 4.69) is 6.19 Å². The van der Waals surface area contributed by atoms with Crippen LogP contribution in [0.3, 0.4) is 0 Å². The van der Waals surface area contributed by atoms with Crippen LogP contribution in [-0.4, -0.2) is 18.0 Å². The molecule has 0 amide bonds. The van der Waals surface area contributed by atoms with Crippen molar-refractivity contribution in [3.8, 4) is 6.19 Å². The second kappa shape index (κ2) is 4.89. The van der Waals surface area contributed by atoms with E-state index in [4.69, 9.17) is 5.26 Å². The lowest BCUT2D eigenvalue weighted by atomic mass is 9.89. The molecule has 0 bridgehead atoms. The summed E-state index contributed by atoms with van der Waals surface area (Å²) in [5.41, 5.74) is 0.321. The first-order valence-electron chi connectivity index (χ1n) is 5.82. The molecule has 1 aromatic rings. The zero-order valence-electron chi connectivity index (χ0n) is 9.74. The van der Waals surface area contributed by atoms with Gasteiger partial charge in [-0.05, 0) is 36.5 Å². The highest BCUT2D eigenvalue weighted by atomic mass is 19.4. The second-order valence-electron chi connectivity index (χ2n) is 4.48. The lowest BCUT2D eigenvalue weighted by Crippen LogP contribution is -2.28. The van der Waals surface area contributed by atoms with Crippen LogP contribution in [0.4, 0.5) is 13.2 Å². The molecule has 96 valence electrons. The van der Waals surface area contributed by atoms with E-state index in [9.17, 15) is 13.2 Å². The highest BCUT2D eigenvalue weighted by Crippen LogP contribution is 2.32. The van der Waals surface area contributed by atoms with E-state index in [-0.39, 0.29) is 5.92 Å². The summed E-state index contributed by atoms with van der Waals surface area (Å²) in [7, 11) is 0. The highest BCUT2D eigenvalue weighted by molar-refractivity contribution is 5.27. The minimum absolute atomic E-state index is 0.261. The SMILES string of the molecule is N#CN1CCC(c2ccc(C(F)(F)F)cc2)CC1. The quantitative estimate of drug-likeness (QED) is 0.718. The first-order valence-corrected chi connectivity index (χ1v) is 5.82. The number of hydrogen-bond acceptors (Lipinski definition) is 2. The summed E-state index contributed by atoms with van der Waals surface area (Å²) in [6.45, 7) is 1.37. The number of nitriles is 1. The molecule has 1 aromatic carbocycles. The molecule has 0 spiro atoms. The maximum atomic E-state index is 12.4. The number of benzene rings is 1. The number of halogens is 3. The molecule has 0 radical (unpaired) electrons. The van der Waals surface area contributed by atoms with Crippen LogP contribution in [0.25, 0.3) is 0 Å². The molecule has 1 heterocycles. The van der Waals surface area contributed by atoms with Gasteiger partial charge in [-0.3, -0.25) is 0 Å². The normalized spacial score (nSPS) is 17.6. The lowest BCUT2D eigenvalue weighted by molar-refractivity contribution is -0.137. The molecule has 0 aromatic heterocycles. The Morgan fingerprint density at radius 3 is 2.11 bits per heavy atom. The third-order valence-electron chi connectivity index (χ3n) is 3.35. The third kappa shape index (κ3) is 2.76. The minimum atomic E-state index is -4.28. The summed E-state index contributed by atoms with van der Waals surface area (Å²) in [5, 5.41) is 8.72. The Labute approximate surface area is 104 Å². The predicted octanol–water partition coefficient (Wildman–Crippen LogP) is 3.37. The van der Waals surface area contributed by atoms with Gasteiger partial charge < -0.3 is 4.90 Å². The van der Waals surface area contributed by atoms with E-state index in [1.807, 2.05) is 0 Å². The molecule has 1 aliphatic heterocycles. The number of alkyl halides is 3. The molecule has 1 saturated heterocycles. The summed E-state index contributed by atoms with van der Waals surface area (Å²) in [6.07, 6.45) is -0.549. The molecule has 0 saturated carbocycles. The van der Waals surface area contributed by atoms with E-state index in [0.717, 1.165) is 30.5 Å². The first-order chi connectivity index (χ1) is 8.50. The van der Waals surface area contributed by atoms with Crippen molar-refractivity contribution >= 4 is 0 Å². The Bertz CT molecular complexity index is 437. The molecule has 0 unspecified atom stereocenters. The van der Waals surface area contributed by atoms with Crippen LogP contribution in [0.5, 0.6) is 0 Å². The molecule has 0 aliphatic carbocycles. The third-order valence-corrected chi connectivity index (χ3v) is 3.35. The lowest BCUT2D eigenvalue weighted by Gasteiger charge is -2.28. The number of piperidine rings is 1. The Morgan fingerprint density at radius 1 is 1.11 bits per heavy atom. The number of rotatable bonds is 1. The van der Waals surface area contributed by atoms with Gasteiger partial charge in [-0.1, -0.05) is 12.1 Å². The van der Waals surface area contributed by atoms with Crippen molar-refractivity contribution in [1.82, 2.24) is 4.90 Å². The van der Waals surface area contributed by atoms with E-state index < -0.39 is 11.7 Å². The molecule has 2 rings (SSSR count). The van der Waals surface area contributed by atoms with Gasteiger partial charge in [0.25, 0.3) is 0 Å². The van der Waals surface area contributed by atoms with Crippen LogP contribution >= 0.6 is 0 Å². The molecule has 2 nitrogen and oxygen atoms in total. The molecule has 1 fully saturated rings. The van der Waals surface area contributed by atoms with Gasteiger partial charge in [-0.2, -0.15) is 18.4 Å². The van der Waals surface area contributed by atoms with Gasteiger partial charge in [0, 0.05) is 13.1 Å². The maximum Gasteiger partial charge on any atom is 0.416 e. The zero-order chi connectivity index (χ0) is 13.2. The molecule has 0 atom stereocenters. The largest absolute Gasteiger partial charge is 0.416 e. The number of likely N-dealkylation sites (tertiary alicyclic amines) is 1. The Morgan fingerprint density at radius 2 is 1.67 bits per heavy atom. The molecule has 1 aliphatic rings. The smallest absolute Gasteiger partial charge is 0.311 e. The molecule has 18 heavy (non-hydrogen) atoms. The van der Waals surface area contributed by atoms with Gasteiger partial charge in [0.15, 0.2) is 6.19 Å². The Hall–Kier alpha value is -1.70. The van der Waals surface area contributed by atoms with E-state index in [1.165, 1.54) is 0 Å². The van der Waals surface area contributed by atoms with E-state index in [1.54, 1.807) is 17.0 Å². The van der Waals surface area contributed by atoms with Gasteiger partial charge in [0.2, 0.25) is 0 Å². The fourth-order valence-electron chi connectivity index (χ4n) is 2.26. The van der Waals surface area contributed by atoms with Crippen molar-refractivity contribution in [3.63, 3.8) is 0 Å². The van der Waals surface area contributed by atoms with E-state index in [0.29, 0.717) is 13.1 Å². The summed E-state index contributed by atoms with van der Waals surface area (Å²) >= 11 is 0. The topological polar surface area (TPSA) is 27.0 Å². The average Bonchev–Trinajstić information content (AvgIpc) is 2.38. The van der Waals surface area contributed by atoms with Crippen LogP contribution in [0.2, 0.25) is 0 Å². The monoisotopic (exact) mass is 254 g/mol. The van der Waals surface area contributed by atoms with E-state index >= 15 is 0 Å². The minimum Gasteiger partial charge on any atom is -0.311 e. The van der Waals surface area contributed by atoms with Crippen molar-refractivity contribution in [2.45, 2.75) is 24.9 Å². The van der Waals surface area contributed by atoms with Gasteiger partial charge >= 0.3 is 6.18 Å².